The Hall–Kier alpha value is -2.38. The van der Waals surface area contributed by atoms with E-state index in [1.54, 1.807) is 4.52 Å². The molecular formula is C13H14N6O5S2. The highest BCUT2D eigenvalue weighted by atomic mass is 32.2. The van der Waals surface area contributed by atoms with E-state index in [4.69, 9.17) is 4.42 Å². The lowest BCUT2D eigenvalue weighted by Gasteiger charge is -2.28. The van der Waals surface area contributed by atoms with Gasteiger partial charge in [0.1, 0.15) is 4.92 Å². The zero-order chi connectivity index (χ0) is 18.5. The van der Waals surface area contributed by atoms with Crippen LogP contribution in [0.25, 0.3) is 15.7 Å². The molecule has 0 spiro atoms. The van der Waals surface area contributed by atoms with Crippen LogP contribution in [-0.4, -0.2) is 56.8 Å². The van der Waals surface area contributed by atoms with Crippen molar-refractivity contribution in [2.75, 3.05) is 19.3 Å². The average Bonchev–Trinajstić information content (AvgIpc) is 3.28. The van der Waals surface area contributed by atoms with Gasteiger partial charge < -0.3 is 4.42 Å². The van der Waals surface area contributed by atoms with Crippen LogP contribution in [0.2, 0.25) is 0 Å². The summed E-state index contributed by atoms with van der Waals surface area (Å²) < 4.78 is 31.5. The number of nitrogens with zero attached hydrogens (tertiary/aromatic N) is 6. The zero-order valence-electron chi connectivity index (χ0n) is 13.6. The van der Waals surface area contributed by atoms with Crippen molar-refractivity contribution in [3.63, 3.8) is 0 Å². The van der Waals surface area contributed by atoms with Gasteiger partial charge in [-0.15, -0.1) is 15.3 Å². The van der Waals surface area contributed by atoms with Gasteiger partial charge in [-0.2, -0.15) is 4.52 Å². The van der Waals surface area contributed by atoms with E-state index >= 15 is 0 Å². The molecule has 138 valence electrons. The number of aromatic nitrogens is 4. The third-order valence-corrected chi connectivity index (χ3v) is 6.50. The summed E-state index contributed by atoms with van der Waals surface area (Å²) in [6, 6.07) is 2.77. The second kappa shape index (κ2) is 6.10. The Kier molecular flexibility index (Phi) is 4.00. The van der Waals surface area contributed by atoms with Gasteiger partial charge >= 0.3 is 5.88 Å². The van der Waals surface area contributed by atoms with E-state index in [2.05, 4.69) is 15.3 Å². The Morgan fingerprint density at radius 1 is 1.31 bits per heavy atom. The van der Waals surface area contributed by atoms with Gasteiger partial charge in [0.15, 0.2) is 16.6 Å². The van der Waals surface area contributed by atoms with Crippen molar-refractivity contribution >= 4 is 32.2 Å². The molecule has 4 heterocycles. The van der Waals surface area contributed by atoms with E-state index in [1.807, 2.05) is 0 Å². The van der Waals surface area contributed by atoms with Crippen LogP contribution < -0.4 is 0 Å². The van der Waals surface area contributed by atoms with Crippen LogP contribution in [0.4, 0.5) is 5.88 Å². The Bertz CT molecular complexity index is 1080. The summed E-state index contributed by atoms with van der Waals surface area (Å²) in [6.45, 7) is 0.861. The maximum absolute atomic E-state index is 11.6. The minimum Gasteiger partial charge on any atom is -0.398 e. The predicted molar refractivity (Wildman–Crippen MR) is 91.4 cm³/mol. The molecule has 26 heavy (non-hydrogen) atoms. The molecule has 0 N–H and O–H groups in total. The van der Waals surface area contributed by atoms with Crippen molar-refractivity contribution in [3.8, 4) is 10.8 Å². The quantitative estimate of drug-likeness (QED) is 0.476. The number of sulfonamides is 1. The number of rotatable bonds is 4. The third kappa shape index (κ3) is 2.97. The van der Waals surface area contributed by atoms with Gasteiger partial charge in [0, 0.05) is 19.0 Å². The Morgan fingerprint density at radius 3 is 2.65 bits per heavy atom. The van der Waals surface area contributed by atoms with E-state index in [1.165, 1.54) is 34.0 Å². The van der Waals surface area contributed by atoms with Gasteiger partial charge in [-0.1, -0.05) is 11.3 Å². The van der Waals surface area contributed by atoms with Crippen molar-refractivity contribution in [2.24, 2.45) is 0 Å². The van der Waals surface area contributed by atoms with Crippen molar-refractivity contribution < 1.29 is 17.8 Å². The number of furan rings is 1. The first kappa shape index (κ1) is 17.1. The maximum atomic E-state index is 11.6. The van der Waals surface area contributed by atoms with Crippen molar-refractivity contribution in [2.45, 2.75) is 18.8 Å². The molecule has 11 nitrogen and oxygen atoms in total. The lowest BCUT2D eigenvalue weighted by atomic mass is 9.97. The fraction of sp³-hybridized carbons (Fsp3) is 0.462. The smallest absolute Gasteiger partial charge is 0.398 e. The lowest BCUT2D eigenvalue weighted by molar-refractivity contribution is -0.401. The molecule has 13 heteroatoms. The average molecular weight is 398 g/mol. The summed E-state index contributed by atoms with van der Waals surface area (Å²) in [5.74, 6) is 0.657. The monoisotopic (exact) mass is 398 g/mol. The molecule has 1 saturated heterocycles. The van der Waals surface area contributed by atoms with Crippen LogP contribution in [0.1, 0.15) is 24.6 Å². The first-order valence-corrected chi connectivity index (χ1v) is 10.4. The van der Waals surface area contributed by atoms with E-state index < -0.39 is 14.9 Å². The summed E-state index contributed by atoms with van der Waals surface area (Å²) in [4.78, 5) is 10.7. The van der Waals surface area contributed by atoms with Crippen molar-refractivity contribution in [3.05, 3.63) is 28.1 Å². The number of nitro groups is 1. The van der Waals surface area contributed by atoms with E-state index in [-0.39, 0.29) is 11.8 Å². The standard InChI is InChI=1S/C13H14N6O5S2/c1-26(22,23)17-6-4-8(5-7-17)11-14-15-13-18(11)16-12(25-13)9-2-3-10(24-9)19(20)21/h2-3,8H,4-7H2,1H3. The highest BCUT2D eigenvalue weighted by molar-refractivity contribution is 7.88. The molecular weight excluding hydrogens is 384 g/mol. The molecule has 1 aliphatic heterocycles. The first-order chi connectivity index (χ1) is 12.3. The topological polar surface area (TPSA) is 137 Å². The molecule has 0 atom stereocenters. The van der Waals surface area contributed by atoms with E-state index in [0.717, 1.165) is 0 Å². The molecule has 3 aromatic heterocycles. The second-order valence-electron chi connectivity index (χ2n) is 5.99. The summed E-state index contributed by atoms with van der Waals surface area (Å²) in [5, 5.41) is 23.9. The van der Waals surface area contributed by atoms with Crippen molar-refractivity contribution in [1.82, 2.24) is 24.1 Å². The molecule has 0 unspecified atom stereocenters. The van der Waals surface area contributed by atoms with Crippen LogP contribution in [0, 0.1) is 10.1 Å². The minimum absolute atomic E-state index is 0.0453. The number of piperidine rings is 1. The predicted octanol–water partition coefficient (Wildman–Crippen LogP) is 1.49. The third-order valence-electron chi connectivity index (χ3n) is 4.29. The SMILES string of the molecule is CS(=O)(=O)N1CCC(c2nnc3sc(-c4ccc([N+](=O)[O-])o4)nn23)CC1. The molecule has 3 aromatic rings. The van der Waals surface area contributed by atoms with Gasteiger partial charge in [0.2, 0.25) is 15.0 Å². The fourth-order valence-corrected chi connectivity index (χ4v) is 4.65. The number of hydrogen-bond acceptors (Lipinski definition) is 9. The Morgan fingerprint density at radius 2 is 2.04 bits per heavy atom. The number of fused-ring (bicyclic) bond motifs is 1. The van der Waals surface area contributed by atoms with Crippen molar-refractivity contribution in [1.29, 1.82) is 0 Å². The fourth-order valence-electron chi connectivity index (χ4n) is 2.97. The maximum Gasteiger partial charge on any atom is 0.433 e. The Labute approximate surface area is 151 Å². The van der Waals surface area contributed by atoms with Gasteiger partial charge in [0.25, 0.3) is 0 Å². The molecule has 1 aliphatic rings. The van der Waals surface area contributed by atoms with Crippen LogP contribution in [0.5, 0.6) is 0 Å². The first-order valence-electron chi connectivity index (χ1n) is 7.75. The minimum atomic E-state index is -3.19. The molecule has 1 fully saturated rings. The zero-order valence-corrected chi connectivity index (χ0v) is 15.2. The van der Waals surface area contributed by atoms with E-state index in [0.29, 0.717) is 47.5 Å². The summed E-state index contributed by atoms with van der Waals surface area (Å²) >= 11 is 1.22. The summed E-state index contributed by atoms with van der Waals surface area (Å²) in [7, 11) is -3.19. The van der Waals surface area contributed by atoms with Gasteiger partial charge in [-0.3, -0.25) is 10.1 Å². The largest absolute Gasteiger partial charge is 0.433 e. The summed E-state index contributed by atoms with van der Waals surface area (Å²) in [5.41, 5.74) is 0. The molecule has 0 aromatic carbocycles. The van der Waals surface area contributed by atoms with Crippen LogP contribution >= 0.6 is 11.3 Å². The van der Waals surface area contributed by atoms with Gasteiger partial charge in [0.05, 0.1) is 12.3 Å². The lowest BCUT2D eigenvalue weighted by Crippen LogP contribution is -2.37. The van der Waals surface area contributed by atoms with Gasteiger partial charge in [-0.25, -0.2) is 12.7 Å². The van der Waals surface area contributed by atoms with Crippen LogP contribution in [0.3, 0.4) is 0 Å². The van der Waals surface area contributed by atoms with E-state index in [9.17, 15) is 18.5 Å². The molecule has 0 radical (unpaired) electrons. The Balaban J connectivity index is 1.60. The highest BCUT2D eigenvalue weighted by Gasteiger charge is 2.29. The highest BCUT2D eigenvalue weighted by Crippen LogP contribution is 2.33. The molecule has 0 amide bonds. The van der Waals surface area contributed by atoms with Crippen LogP contribution in [0.15, 0.2) is 16.5 Å². The number of hydrogen-bond donors (Lipinski definition) is 0. The molecule has 0 aliphatic carbocycles. The van der Waals surface area contributed by atoms with Gasteiger partial charge in [-0.05, 0) is 18.9 Å². The molecule has 0 bridgehead atoms. The van der Waals surface area contributed by atoms with Crippen LogP contribution in [-0.2, 0) is 10.0 Å². The normalized spacial score (nSPS) is 17.1. The molecule has 0 saturated carbocycles. The molecule has 4 rings (SSSR count). The summed E-state index contributed by atoms with van der Waals surface area (Å²) in [6.07, 6.45) is 2.47. The second-order valence-corrected chi connectivity index (χ2v) is 8.93.